The van der Waals surface area contributed by atoms with Crippen LogP contribution >= 0.6 is 0 Å². The molecule has 1 saturated carbocycles. The monoisotopic (exact) mass is 367 g/mol. The van der Waals surface area contributed by atoms with Crippen LogP contribution in [0.5, 0.6) is 0 Å². The molecule has 26 heavy (non-hydrogen) atoms. The second-order valence-corrected chi connectivity index (χ2v) is 7.11. The van der Waals surface area contributed by atoms with Crippen LogP contribution in [0.2, 0.25) is 0 Å². The quantitative estimate of drug-likeness (QED) is 0.581. The second kappa shape index (κ2) is 7.58. The number of nitrogens with zero attached hydrogens (tertiary/aromatic N) is 1. The van der Waals surface area contributed by atoms with Gasteiger partial charge < -0.3 is 20.5 Å². The van der Waals surface area contributed by atoms with E-state index in [-0.39, 0.29) is 47.4 Å². The molecule has 3 rings (SSSR count). The summed E-state index contributed by atoms with van der Waals surface area (Å²) in [7, 11) is 0. The molecule has 8 heteroatoms. The van der Waals surface area contributed by atoms with E-state index in [1.807, 2.05) is 13.0 Å². The molecule has 0 bridgehead atoms. The third-order valence-electron chi connectivity index (χ3n) is 5.35. The molecule has 1 aliphatic heterocycles. The van der Waals surface area contributed by atoms with Gasteiger partial charge in [-0.25, -0.2) is 4.79 Å². The van der Waals surface area contributed by atoms with Crippen molar-refractivity contribution in [1.29, 1.82) is 0 Å². The molecule has 1 aliphatic carbocycles. The van der Waals surface area contributed by atoms with Gasteiger partial charge in [-0.1, -0.05) is 19.9 Å². The van der Waals surface area contributed by atoms with Crippen molar-refractivity contribution in [2.75, 3.05) is 23.3 Å². The third-order valence-corrected chi connectivity index (χ3v) is 5.35. The molecule has 2 aliphatic rings. The molecule has 1 saturated heterocycles. The molecule has 2 atom stereocenters. The summed E-state index contributed by atoms with van der Waals surface area (Å²) in [5.74, 6) is -2.24. The minimum atomic E-state index is -1.17. The number of amides is 3. The molecular formula is C18H22N3NaO4. The number of anilines is 2. The van der Waals surface area contributed by atoms with Crippen LogP contribution < -0.4 is 50.2 Å². The number of aliphatic carboxylic acids is 1. The number of carbonyl (C=O) groups excluding carboxylic acids is 3. The number of benzene rings is 1. The summed E-state index contributed by atoms with van der Waals surface area (Å²) in [6.07, 6.45) is 0.298. The zero-order chi connectivity index (χ0) is 18.4. The first-order chi connectivity index (χ1) is 11.8. The van der Waals surface area contributed by atoms with Crippen LogP contribution in [0, 0.1) is 24.2 Å². The van der Waals surface area contributed by atoms with Crippen LogP contribution in [0.4, 0.5) is 16.2 Å². The maximum Gasteiger partial charge on any atom is 1.00 e. The normalized spacial score (nSPS) is 24.1. The number of nitrogens with one attached hydrogen (secondary N) is 2. The Bertz CT molecular complexity index is 752. The van der Waals surface area contributed by atoms with Crippen LogP contribution in [-0.4, -0.2) is 31.0 Å². The summed E-state index contributed by atoms with van der Waals surface area (Å²) in [4.78, 5) is 37.4. The number of carbonyl (C=O) groups is 3. The van der Waals surface area contributed by atoms with E-state index in [0.717, 1.165) is 11.3 Å². The van der Waals surface area contributed by atoms with E-state index in [2.05, 4.69) is 10.6 Å². The molecule has 0 spiro atoms. The maximum atomic E-state index is 12.5. The first kappa shape index (κ1) is 20.7. The summed E-state index contributed by atoms with van der Waals surface area (Å²) in [6.45, 7) is 6.63. The zero-order valence-electron chi connectivity index (χ0n) is 15.6. The summed E-state index contributed by atoms with van der Waals surface area (Å²) in [5.41, 5.74) is 1.13. The summed E-state index contributed by atoms with van der Waals surface area (Å²) in [6, 6.07) is 5.17. The standard InChI is InChI=1S/C18H23N3O4.Na/c1-10(2)18(16(23)24)9-13(18)15(22)20-12-5-4-11(3)14(8-12)21-7-6-19-17(21)25;/h4-5,8,10,13H,6-7,9H2,1-3H3,(H,19,25)(H,20,22)(H,23,24);/q;+1/p-1. The minimum Gasteiger partial charge on any atom is -0.550 e. The van der Waals surface area contributed by atoms with E-state index in [1.54, 1.807) is 30.9 Å². The number of carboxylic acids is 1. The first-order valence-electron chi connectivity index (χ1n) is 8.45. The molecule has 2 N–H and O–H groups in total. The van der Waals surface area contributed by atoms with Gasteiger partial charge in [-0.2, -0.15) is 0 Å². The SMILES string of the molecule is Cc1ccc(NC(=O)C2CC2(C(=O)[O-])C(C)C)cc1N1CCNC1=O.[Na+]. The molecule has 1 aromatic rings. The van der Waals surface area contributed by atoms with Gasteiger partial charge in [-0.3, -0.25) is 9.69 Å². The number of aryl methyl sites for hydroxylation is 1. The number of hydrogen-bond donors (Lipinski definition) is 2. The van der Waals surface area contributed by atoms with Crippen LogP contribution in [0.15, 0.2) is 18.2 Å². The second-order valence-electron chi connectivity index (χ2n) is 7.11. The number of rotatable bonds is 5. The maximum absolute atomic E-state index is 12.5. The Hall–Kier alpha value is -1.57. The van der Waals surface area contributed by atoms with Gasteiger partial charge in [-0.15, -0.1) is 0 Å². The molecule has 0 aromatic heterocycles. The van der Waals surface area contributed by atoms with Crippen molar-refractivity contribution in [1.82, 2.24) is 5.32 Å². The van der Waals surface area contributed by atoms with E-state index in [9.17, 15) is 19.5 Å². The van der Waals surface area contributed by atoms with E-state index in [0.29, 0.717) is 25.2 Å². The molecule has 134 valence electrons. The van der Waals surface area contributed by atoms with Crippen molar-refractivity contribution in [3.8, 4) is 0 Å². The molecule has 2 unspecified atom stereocenters. The summed E-state index contributed by atoms with van der Waals surface area (Å²) < 4.78 is 0. The fraction of sp³-hybridized carbons (Fsp3) is 0.500. The predicted molar refractivity (Wildman–Crippen MR) is 90.9 cm³/mol. The van der Waals surface area contributed by atoms with Crippen molar-refractivity contribution in [2.24, 2.45) is 17.3 Å². The molecular weight excluding hydrogens is 345 g/mol. The van der Waals surface area contributed by atoms with Crippen molar-refractivity contribution in [3.05, 3.63) is 23.8 Å². The molecule has 2 fully saturated rings. The van der Waals surface area contributed by atoms with E-state index < -0.39 is 17.3 Å². The largest absolute Gasteiger partial charge is 1.00 e. The third kappa shape index (κ3) is 3.48. The Morgan fingerprint density at radius 1 is 1.38 bits per heavy atom. The van der Waals surface area contributed by atoms with Crippen molar-refractivity contribution >= 4 is 29.3 Å². The van der Waals surface area contributed by atoms with Gasteiger partial charge in [0, 0.05) is 30.2 Å². The van der Waals surface area contributed by atoms with E-state index >= 15 is 0 Å². The number of urea groups is 1. The van der Waals surface area contributed by atoms with Crippen molar-refractivity contribution in [2.45, 2.75) is 27.2 Å². The smallest absolute Gasteiger partial charge is 0.550 e. The fourth-order valence-corrected chi connectivity index (χ4v) is 3.61. The Kier molecular flexibility index (Phi) is 6.05. The zero-order valence-corrected chi connectivity index (χ0v) is 17.6. The summed E-state index contributed by atoms with van der Waals surface area (Å²) in [5, 5.41) is 17.0. The average molecular weight is 367 g/mol. The van der Waals surface area contributed by atoms with Gasteiger partial charge in [0.25, 0.3) is 0 Å². The summed E-state index contributed by atoms with van der Waals surface area (Å²) >= 11 is 0. The topological polar surface area (TPSA) is 102 Å². The molecule has 0 radical (unpaired) electrons. The molecule has 1 heterocycles. The molecule has 1 aromatic carbocycles. The van der Waals surface area contributed by atoms with Crippen LogP contribution in [0.1, 0.15) is 25.8 Å². The van der Waals surface area contributed by atoms with Gasteiger partial charge in [0.2, 0.25) is 5.91 Å². The Morgan fingerprint density at radius 2 is 2.08 bits per heavy atom. The van der Waals surface area contributed by atoms with Crippen LogP contribution in [-0.2, 0) is 9.59 Å². The number of carboxylic acid groups (broad SMARTS) is 1. The van der Waals surface area contributed by atoms with Gasteiger partial charge >= 0.3 is 35.6 Å². The Labute approximate surface area is 174 Å². The fourth-order valence-electron chi connectivity index (χ4n) is 3.61. The molecule has 7 nitrogen and oxygen atoms in total. The minimum absolute atomic E-state index is 0. The van der Waals surface area contributed by atoms with Crippen LogP contribution in [0.3, 0.4) is 0 Å². The van der Waals surface area contributed by atoms with Gasteiger partial charge in [0.05, 0.1) is 11.6 Å². The Balaban J connectivity index is 0.00000243. The average Bonchev–Trinajstić information content (AvgIpc) is 3.20. The molecule has 3 amide bonds. The van der Waals surface area contributed by atoms with Crippen molar-refractivity contribution in [3.63, 3.8) is 0 Å². The van der Waals surface area contributed by atoms with Gasteiger partial charge in [-0.05, 0) is 37.0 Å². The van der Waals surface area contributed by atoms with Gasteiger partial charge in [0.1, 0.15) is 0 Å². The first-order valence-corrected chi connectivity index (χ1v) is 8.45. The predicted octanol–water partition coefficient (Wildman–Crippen LogP) is -2.12. The van der Waals surface area contributed by atoms with Gasteiger partial charge in [0.15, 0.2) is 0 Å². The van der Waals surface area contributed by atoms with Crippen LogP contribution in [0.25, 0.3) is 0 Å². The Morgan fingerprint density at radius 3 is 2.58 bits per heavy atom. The number of hydrogen-bond acceptors (Lipinski definition) is 4. The van der Waals surface area contributed by atoms with E-state index in [1.165, 1.54) is 0 Å². The van der Waals surface area contributed by atoms with Crippen molar-refractivity contribution < 1.29 is 49.0 Å². The van der Waals surface area contributed by atoms with E-state index in [4.69, 9.17) is 0 Å².